The van der Waals surface area contributed by atoms with Crippen molar-refractivity contribution in [3.63, 3.8) is 0 Å². The second-order valence-corrected chi connectivity index (χ2v) is 7.09. The van der Waals surface area contributed by atoms with Crippen LogP contribution in [0.2, 0.25) is 0 Å². The average molecular weight is 328 g/mol. The molecule has 120 valence electrons. The number of benzene rings is 1. The van der Waals surface area contributed by atoms with E-state index in [-0.39, 0.29) is 11.8 Å². The third-order valence-electron chi connectivity index (χ3n) is 4.06. The Balaban J connectivity index is 1.53. The van der Waals surface area contributed by atoms with Gasteiger partial charge >= 0.3 is 0 Å². The molecule has 1 aliphatic rings. The lowest BCUT2D eigenvalue weighted by molar-refractivity contribution is -0.132. The molecule has 1 atom stereocenters. The SMILES string of the molecule is Cc1ccc(CCNC(=O)C2CCN(c3ccccc3)C2=O)s1. The molecule has 1 aromatic heterocycles. The van der Waals surface area contributed by atoms with E-state index in [0.717, 1.165) is 12.1 Å². The van der Waals surface area contributed by atoms with E-state index in [9.17, 15) is 9.59 Å². The monoisotopic (exact) mass is 328 g/mol. The summed E-state index contributed by atoms with van der Waals surface area (Å²) in [7, 11) is 0. The lowest BCUT2D eigenvalue weighted by Gasteiger charge is -2.16. The van der Waals surface area contributed by atoms with E-state index in [2.05, 4.69) is 24.4 Å². The summed E-state index contributed by atoms with van der Waals surface area (Å²) in [5, 5.41) is 2.91. The third kappa shape index (κ3) is 3.62. The number of carbonyl (C=O) groups excluding carboxylic acids is 2. The Morgan fingerprint density at radius 3 is 2.74 bits per heavy atom. The predicted octanol–water partition coefficient (Wildman–Crippen LogP) is 2.77. The van der Waals surface area contributed by atoms with E-state index in [1.54, 1.807) is 16.2 Å². The molecule has 0 aliphatic carbocycles. The van der Waals surface area contributed by atoms with E-state index in [1.165, 1.54) is 9.75 Å². The van der Waals surface area contributed by atoms with Crippen LogP contribution in [-0.4, -0.2) is 24.9 Å². The Kier molecular flexibility index (Phi) is 4.76. The van der Waals surface area contributed by atoms with Gasteiger partial charge in [-0.25, -0.2) is 0 Å². The maximum absolute atomic E-state index is 12.5. The molecule has 3 rings (SSSR count). The zero-order valence-corrected chi connectivity index (χ0v) is 13.9. The Labute approximate surface area is 140 Å². The van der Waals surface area contributed by atoms with Crippen molar-refractivity contribution in [2.24, 2.45) is 5.92 Å². The van der Waals surface area contributed by atoms with Crippen molar-refractivity contribution in [2.45, 2.75) is 19.8 Å². The molecule has 0 radical (unpaired) electrons. The van der Waals surface area contributed by atoms with Gasteiger partial charge in [0.2, 0.25) is 11.8 Å². The van der Waals surface area contributed by atoms with Crippen LogP contribution in [0.15, 0.2) is 42.5 Å². The van der Waals surface area contributed by atoms with Gasteiger partial charge in [0.25, 0.3) is 0 Å². The molecule has 1 N–H and O–H groups in total. The highest BCUT2D eigenvalue weighted by atomic mass is 32.1. The number of nitrogens with zero attached hydrogens (tertiary/aromatic N) is 1. The molecule has 1 aliphatic heterocycles. The number of para-hydroxylation sites is 1. The van der Waals surface area contributed by atoms with Gasteiger partial charge in [0.15, 0.2) is 0 Å². The molecule has 2 amide bonds. The number of hydrogen-bond donors (Lipinski definition) is 1. The summed E-state index contributed by atoms with van der Waals surface area (Å²) in [6.45, 7) is 3.25. The van der Waals surface area contributed by atoms with Gasteiger partial charge in [-0.05, 0) is 44.0 Å². The average Bonchev–Trinajstić information content (AvgIpc) is 3.14. The molecule has 2 aromatic rings. The largest absolute Gasteiger partial charge is 0.355 e. The van der Waals surface area contributed by atoms with E-state index < -0.39 is 5.92 Å². The van der Waals surface area contributed by atoms with Gasteiger partial charge in [0.1, 0.15) is 5.92 Å². The van der Waals surface area contributed by atoms with Crippen LogP contribution in [0.4, 0.5) is 5.69 Å². The molecule has 0 spiro atoms. The minimum Gasteiger partial charge on any atom is -0.355 e. The summed E-state index contributed by atoms with van der Waals surface area (Å²) < 4.78 is 0. The van der Waals surface area contributed by atoms with Gasteiger partial charge in [-0.2, -0.15) is 0 Å². The molecule has 1 saturated heterocycles. The number of carbonyl (C=O) groups is 2. The second kappa shape index (κ2) is 6.96. The number of rotatable bonds is 5. The van der Waals surface area contributed by atoms with Crippen LogP contribution >= 0.6 is 11.3 Å². The van der Waals surface area contributed by atoms with E-state index in [0.29, 0.717) is 19.5 Å². The number of nitrogens with one attached hydrogen (secondary N) is 1. The van der Waals surface area contributed by atoms with Crippen molar-refractivity contribution in [2.75, 3.05) is 18.0 Å². The Hall–Kier alpha value is -2.14. The fraction of sp³-hybridized carbons (Fsp3) is 0.333. The van der Waals surface area contributed by atoms with Gasteiger partial charge in [-0.3, -0.25) is 9.59 Å². The van der Waals surface area contributed by atoms with Crippen LogP contribution < -0.4 is 10.2 Å². The number of hydrogen-bond acceptors (Lipinski definition) is 3. The van der Waals surface area contributed by atoms with Gasteiger partial charge in [0.05, 0.1) is 0 Å². The fourth-order valence-electron chi connectivity index (χ4n) is 2.84. The van der Waals surface area contributed by atoms with Gasteiger partial charge < -0.3 is 10.2 Å². The van der Waals surface area contributed by atoms with Crippen molar-refractivity contribution < 1.29 is 9.59 Å². The lowest BCUT2D eigenvalue weighted by atomic mass is 10.1. The molecule has 1 unspecified atom stereocenters. The first-order chi connectivity index (χ1) is 11.1. The molecule has 2 heterocycles. The minimum absolute atomic E-state index is 0.0966. The van der Waals surface area contributed by atoms with Gasteiger partial charge in [0, 0.05) is 28.5 Å². The van der Waals surface area contributed by atoms with Crippen molar-refractivity contribution >= 4 is 28.8 Å². The number of amides is 2. The molecular formula is C18H20N2O2S. The van der Waals surface area contributed by atoms with Crippen LogP contribution in [0.5, 0.6) is 0 Å². The van der Waals surface area contributed by atoms with Gasteiger partial charge in [-0.15, -0.1) is 11.3 Å². The molecule has 23 heavy (non-hydrogen) atoms. The van der Waals surface area contributed by atoms with Gasteiger partial charge in [-0.1, -0.05) is 18.2 Å². The summed E-state index contributed by atoms with van der Waals surface area (Å²) in [5.41, 5.74) is 0.863. The lowest BCUT2D eigenvalue weighted by Crippen LogP contribution is -2.37. The number of thiophene rings is 1. The molecule has 4 nitrogen and oxygen atoms in total. The first-order valence-electron chi connectivity index (χ1n) is 7.84. The minimum atomic E-state index is -0.555. The maximum atomic E-state index is 12.5. The van der Waals surface area contributed by atoms with Crippen LogP contribution in [0.1, 0.15) is 16.2 Å². The topological polar surface area (TPSA) is 49.4 Å². The Bertz CT molecular complexity index is 696. The van der Waals surface area contributed by atoms with Crippen molar-refractivity contribution in [3.05, 3.63) is 52.2 Å². The molecule has 1 aromatic carbocycles. The highest BCUT2D eigenvalue weighted by Gasteiger charge is 2.37. The summed E-state index contributed by atoms with van der Waals surface area (Å²) in [4.78, 5) is 29.0. The normalized spacial score (nSPS) is 17.5. The van der Waals surface area contributed by atoms with E-state index in [1.807, 2.05) is 30.3 Å². The zero-order chi connectivity index (χ0) is 16.2. The van der Waals surface area contributed by atoms with Crippen molar-refractivity contribution in [3.8, 4) is 0 Å². The number of aryl methyl sites for hydroxylation is 1. The molecule has 1 fully saturated rings. The zero-order valence-electron chi connectivity index (χ0n) is 13.1. The first-order valence-corrected chi connectivity index (χ1v) is 8.66. The summed E-state index contributed by atoms with van der Waals surface area (Å²) in [6, 6.07) is 13.7. The molecular weight excluding hydrogens is 308 g/mol. The first kappa shape index (κ1) is 15.7. The van der Waals surface area contributed by atoms with Crippen LogP contribution in [0.25, 0.3) is 0 Å². The second-order valence-electron chi connectivity index (χ2n) is 5.72. The van der Waals surface area contributed by atoms with Crippen LogP contribution in [0.3, 0.4) is 0 Å². The highest BCUT2D eigenvalue weighted by molar-refractivity contribution is 7.11. The quantitative estimate of drug-likeness (QED) is 0.858. The number of anilines is 1. The Morgan fingerprint density at radius 2 is 2.04 bits per heavy atom. The van der Waals surface area contributed by atoms with E-state index in [4.69, 9.17) is 0 Å². The molecule has 0 bridgehead atoms. The summed E-state index contributed by atoms with van der Waals surface area (Å²) in [6.07, 6.45) is 1.39. The predicted molar refractivity (Wildman–Crippen MR) is 92.7 cm³/mol. The van der Waals surface area contributed by atoms with Crippen LogP contribution in [-0.2, 0) is 16.0 Å². The Morgan fingerprint density at radius 1 is 1.26 bits per heavy atom. The van der Waals surface area contributed by atoms with E-state index >= 15 is 0 Å². The van der Waals surface area contributed by atoms with Crippen LogP contribution in [0, 0.1) is 12.8 Å². The summed E-state index contributed by atoms with van der Waals surface area (Å²) >= 11 is 1.74. The third-order valence-corrected chi connectivity index (χ3v) is 5.12. The molecule has 0 saturated carbocycles. The van der Waals surface area contributed by atoms with Crippen molar-refractivity contribution in [1.29, 1.82) is 0 Å². The highest BCUT2D eigenvalue weighted by Crippen LogP contribution is 2.25. The standard InChI is InChI=1S/C18H20N2O2S/c1-13-7-8-15(23-13)9-11-19-17(21)16-10-12-20(18(16)22)14-5-3-2-4-6-14/h2-8,16H,9-12H2,1H3,(H,19,21). The van der Waals surface area contributed by atoms with Crippen molar-refractivity contribution in [1.82, 2.24) is 5.32 Å². The molecule has 5 heteroatoms. The fourth-order valence-corrected chi connectivity index (χ4v) is 3.73. The smallest absolute Gasteiger partial charge is 0.239 e. The maximum Gasteiger partial charge on any atom is 0.239 e. The summed E-state index contributed by atoms with van der Waals surface area (Å²) in [5.74, 6) is -0.803.